The average molecular weight is 583 g/mol. The van der Waals surface area contributed by atoms with Crippen molar-refractivity contribution in [2.24, 2.45) is 5.92 Å². The lowest BCUT2D eigenvalue weighted by molar-refractivity contribution is -0.165. The molecule has 0 saturated carbocycles. The van der Waals surface area contributed by atoms with Crippen LogP contribution in [0.4, 0.5) is 0 Å². The van der Waals surface area contributed by atoms with Gasteiger partial charge in [0.1, 0.15) is 11.6 Å². The van der Waals surface area contributed by atoms with Gasteiger partial charge in [0.2, 0.25) is 11.8 Å². The topological polar surface area (TPSA) is 140 Å². The van der Waals surface area contributed by atoms with E-state index in [0.717, 1.165) is 35.5 Å². The van der Waals surface area contributed by atoms with Gasteiger partial charge in [-0.3, -0.25) is 19.3 Å². The Bertz CT molecular complexity index is 1270. The van der Waals surface area contributed by atoms with Crippen molar-refractivity contribution in [3.63, 3.8) is 0 Å². The molecule has 0 bridgehead atoms. The molecule has 2 atom stereocenters. The number of aryl methyl sites for hydroxylation is 1. The number of rotatable bonds is 11. The Labute approximate surface area is 248 Å². The van der Waals surface area contributed by atoms with E-state index < -0.39 is 17.7 Å². The zero-order valence-corrected chi connectivity index (χ0v) is 25.5. The van der Waals surface area contributed by atoms with Gasteiger partial charge in [-0.1, -0.05) is 27.2 Å². The summed E-state index contributed by atoms with van der Waals surface area (Å²) in [5, 5.41) is 29.9. The van der Waals surface area contributed by atoms with Gasteiger partial charge < -0.3 is 25.7 Å². The van der Waals surface area contributed by atoms with Crippen LogP contribution in [-0.4, -0.2) is 98.0 Å². The third-order valence-corrected chi connectivity index (χ3v) is 8.80. The van der Waals surface area contributed by atoms with Gasteiger partial charge in [-0.15, -0.1) is 0 Å². The van der Waals surface area contributed by atoms with Crippen LogP contribution >= 0.6 is 0 Å². The second kappa shape index (κ2) is 13.4. The first-order valence-electron chi connectivity index (χ1n) is 15.1. The molecule has 4 N–H and O–H groups in total. The highest BCUT2D eigenvalue weighted by atomic mass is 16.3. The lowest BCUT2D eigenvalue weighted by Crippen LogP contribution is -2.74. The number of aromatic nitrogens is 2. The molecule has 4 rings (SSSR count). The molecule has 42 heavy (non-hydrogen) atoms. The van der Waals surface area contributed by atoms with E-state index in [1.165, 1.54) is 0 Å². The molecule has 1 aromatic carbocycles. The van der Waals surface area contributed by atoms with Gasteiger partial charge in [0.25, 0.3) is 5.91 Å². The van der Waals surface area contributed by atoms with Gasteiger partial charge in [0.15, 0.2) is 0 Å². The summed E-state index contributed by atoms with van der Waals surface area (Å²) >= 11 is 0. The summed E-state index contributed by atoms with van der Waals surface area (Å²) in [4.78, 5) is 43.5. The zero-order valence-electron chi connectivity index (χ0n) is 25.5. The Kier molecular flexibility index (Phi) is 10.1. The second-order valence-electron chi connectivity index (χ2n) is 11.9. The Morgan fingerprint density at radius 3 is 2.43 bits per heavy atom. The molecule has 11 heteroatoms. The molecule has 2 fully saturated rings. The van der Waals surface area contributed by atoms with E-state index in [2.05, 4.69) is 22.5 Å². The third kappa shape index (κ3) is 6.23. The minimum atomic E-state index is -0.926. The van der Waals surface area contributed by atoms with E-state index in [1.807, 2.05) is 44.5 Å². The number of amides is 3. The summed E-state index contributed by atoms with van der Waals surface area (Å²) in [6, 6.07) is 6.30. The van der Waals surface area contributed by atoms with E-state index >= 15 is 0 Å². The molecule has 2 aliphatic rings. The molecule has 11 nitrogen and oxygen atoms in total. The Balaban J connectivity index is 1.47. The summed E-state index contributed by atoms with van der Waals surface area (Å²) in [5.74, 6) is -0.718. The Morgan fingerprint density at radius 1 is 1.17 bits per heavy atom. The Hall–Kier alpha value is -3.28. The highest BCUT2D eigenvalue weighted by Crippen LogP contribution is 2.35. The van der Waals surface area contributed by atoms with Crippen LogP contribution in [0.2, 0.25) is 0 Å². The number of aliphatic hydroxyl groups is 2. The molecule has 230 valence electrons. The molecular weight excluding hydrogens is 536 g/mol. The van der Waals surface area contributed by atoms with Crippen LogP contribution in [0.5, 0.6) is 0 Å². The summed E-state index contributed by atoms with van der Waals surface area (Å²) in [6.07, 6.45) is 1.86. The fourth-order valence-corrected chi connectivity index (χ4v) is 6.08. The van der Waals surface area contributed by atoms with E-state index in [4.69, 9.17) is 10.2 Å². The van der Waals surface area contributed by atoms with E-state index in [1.54, 1.807) is 17.0 Å². The van der Waals surface area contributed by atoms with Crippen molar-refractivity contribution >= 4 is 17.7 Å². The fraction of sp³-hybridized carbons (Fsp3) is 0.613. The lowest BCUT2D eigenvalue weighted by atomic mass is 9.80. The van der Waals surface area contributed by atoms with E-state index in [0.29, 0.717) is 44.6 Å². The van der Waals surface area contributed by atoms with Gasteiger partial charge in [-0.2, -0.15) is 5.10 Å². The number of benzene rings is 1. The van der Waals surface area contributed by atoms with Gasteiger partial charge in [0, 0.05) is 49.5 Å². The Morgan fingerprint density at radius 2 is 1.83 bits per heavy atom. The first-order chi connectivity index (χ1) is 20.0. The normalized spacial score (nSPS) is 19.8. The van der Waals surface area contributed by atoms with Gasteiger partial charge in [0.05, 0.1) is 24.1 Å². The number of likely N-dealkylation sites (tertiary alicyclic amines) is 1. The maximum Gasteiger partial charge on any atom is 0.251 e. The number of nitrogens with zero attached hydrogens (tertiary/aromatic N) is 4. The van der Waals surface area contributed by atoms with Gasteiger partial charge >= 0.3 is 0 Å². The summed E-state index contributed by atoms with van der Waals surface area (Å²) in [7, 11) is 0. The maximum atomic E-state index is 13.6. The third-order valence-electron chi connectivity index (χ3n) is 8.80. The molecule has 0 aliphatic carbocycles. The summed E-state index contributed by atoms with van der Waals surface area (Å²) in [6.45, 7) is 12.4. The molecule has 2 aromatic rings. The van der Waals surface area contributed by atoms with Gasteiger partial charge in [-0.05, 0) is 63.3 Å². The van der Waals surface area contributed by atoms with Gasteiger partial charge in [-0.25, -0.2) is 4.68 Å². The van der Waals surface area contributed by atoms with Crippen LogP contribution < -0.4 is 10.6 Å². The number of carbonyl (C=O) groups is 3. The summed E-state index contributed by atoms with van der Waals surface area (Å²) in [5.41, 5.74) is 3.50. The zero-order chi connectivity index (χ0) is 30.6. The average Bonchev–Trinajstić information content (AvgIpc) is 3.26. The van der Waals surface area contributed by atoms with Crippen molar-refractivity contribution < 1.29 is 24.6 Å². The van der Waals surface area contributed by atoms with Crippen molar-refractivity contribution in [2.75, 3.05) is 32.8 Å². The summed E-state index contributed by atoms with van der Waals surface area (Å²) < 4.78 is 1.88. The van der Waals surface area contributed by atoms with E-state index in [9.17, 15) is 19.5 Å². The quantitative estimate of drug-likeness (QED) is 0.316. The van der Waals surface area contributed by atoms with Crippen LogP contribution in [0.25, 0.3) is 5.69 Å². The first-order valence-corrected chi connectivity index (χ1v) is 15.1. The SMILES string of the molecule is CCCCN1C(=O)[C@@H]([C@H](O)C(C)C)NC(=O)C12CCN(Cc1c(C)nn(-c3ccc(C(=O)NCCO)cc3)c1C)CC2. The number of hydrogen-bond acceptors (Lipinski definition) is 7. The van der Waals surface area contributed by atoms with Crippen LogP contribution in [0.3, 0.4) is 0 Å². The molecule has 0 radical (unpaired) electrons. The number of piperidine rings is 1. The van der Waals surface area contributed by atoms with Crippen molar-refractivity contribution in [3.8, 4) is 5.69 Å². The predicted molar refractivity (Wildman–Crippen MR) is 159 cm³/mol. The number of hydrogen-bond donors (Lipinski definition) is 4. The molecule has 1 aromatic heterocycles. The van der Waals surface area contributed by atoms with Crippen LogP contribution in [0.1, 0.15) is 73.8 Å². The fourth-order valence-electron chi connectivity index (χ4n) is 6.08. The predicted octanol–water partition coefficient (Wildman–Crippen LogP) is 1.69. The number of carbonyl (C=O) groups excluding carboxylic acids is 3. The highest BCUT2D eigenvalue weighted by Gasteiger charge is 2.54. The van der Waals surface area contributed by atoms with Crippen molar-refractivity contribution in [2.45, 2.75) is 84.5 Å². The molecule has 2 saturated heterocycles. The standard InChI is InChI=1S/C31H46N6O5/c1-6-7-15-36-29(41)26(27(39)20(2)3)33-30(42)31(36)12-16-35(17-13-31)19-25-21(4)34-37(22(25)5)24-10-8-23(9-11-24)28(40)32-14-18-38/h8-11,20,26-27,38-39H,6-7,12-19H2,1-5H3,(H,32,40)(H,33,42)/t26-,27-/m1/s1. The number of unbranched alkanes of at least 4 members (excludes halogenated alkanes) is 1. The maximum absolute atomic E-state index is 13.6. The molecular formula is C31H46N6O5. The minimum Gasteiger partial charge on any atom is -0.395 e. The van der Waals surface area contributed by atoms with Crippen LogP contribution in [0, 0.1) is 19.8 Å². The van der Waals surface area contributed by atoms with E-state index in [-0.39, 0.29) is 36.8 Å². The van der Waals surface area contributed by atoms with Crippen molar-refractivity contribution in [1.82, 2.24) is 30.2 Å². The molecule has 3 amide bonds. The van der Waals surface area contributed by atoms with Crippen LogP contribution in [-0.2, 0) is 16.1 Å². The monoisotopic (exact) mass is 582 g/mol. The molecule has 0 unspecified atom stereocenters. The highest BCUT2D eigenvalue weighted by molar-refractivity contribution is 6.00. The molecule has 2 aliphatic heterocycles. The minimum absolute atomic E-state index is 0.109. The number of piperazine rings is 1. The number of aliphatic hydroxyl groups excluding tert-OH is 2. The smallest absolute Gasteiger partial charge is 0.251 e. The second-order valence-corrected chi connectivity index (χ2v) is 11.9. The van der Waals surface area contributed by atoms with Crippen molar-refractivity contribution in [1.29, 1.82) is 0 Å². The van der Waals surface area contributed by atoms with Crippen LogP contribution in [0.15, 0.2) is 24.3 Å². The number of nitrogens with one attached hydrogen (secondary N) is 2. The first kappa shape index (κ1) is 31.7. The van der Waals surface area contributed by atoms with Crippen molar-refractivity contribution in [3.05, 3.63) is 46.8 Å². The largest absolute Gasteiger partial charge is 0.395 e. The lowest BCUT2D eigenvalue weighted by Gasteiger charge is -2.52. The molecule has 1 spiro atoms. The molecule has 3 heterocycles.